The highest BCUT2D eigenvalue weighted by atomic mass is 16.5. The number of aliphatic imine (C=N–C) groups is 1. The fourth-order valence-corrected chi connectivity index (χ4v) is 3.83. The summed E-state index contributed by atoms with van der Waals surface area (Å²) in [4.78, 5) is 14.2. The smallest absolute Gasteiger partial charge is 0.286 e. The van der Waals surface area contributed by atoms with Gasteiger partial charge in [0.25, 0.3) is 6.26 Å². The van der Waals surface area contributed by atoms with Crippen molar-refractivity contribution in [3.8, 4) is 6.26 Å². The molecule has 2 saturated carbocycles. The van der Waals surface area contributed by atoms with Gasteiger partial charge in [-0.1, -0.05) is 6.92 Å². The first kappa shape index (κ1) is 14.1. The lowest BCUT2D eigenvalue weighted by Crippen LogP contribution is -2.36. The Morgan fingerprint density at radius 1 is 1.16 bits per heavy atom. The van der Waals surface area contributed by atoms with Crippen molar-refractivity contribution in [2.45, 2.75) is 70.4 Å². The molecule has 0 amide bonds. The predicted octanol–water partition coefficient (Wildman–Crippen LogP) is 3.33. The fourth-order valence-electron chi connectivity index (χ4n) is 3.83. The summed E-state index contributed by atoms with van der Waals surface area (Å²) in [5.74, 6) is 0.729. The molecule has 0 radical (unpaired) electrons. The number of carbonyl (C=O) groups excluding carboxylic acids is 1. The Hall–Kier alpha value is -1.33. The van der Waals surface area contributed by atoms with Crippen LogP contribution in [0.1, 0.15) is 58.3 Å². The molecule has 4 nitrogen and oxygen atoms in total. The van der Waals surface area contributed by atoms with Gasteiger partial charge < -0.3 is 4.74 Å². The Kier molecular flexibility index (Phi) is 4.61. The molecule has 0 N–H and O–H groups in total. The van der Waals surface area contributed by atoms with Crippen molar-refractivity contribution in [1.82, 2.24) is 0 Å². The van der Waals surface area contributed by atoms with Crippen LogP contribution in [-0.4, -0.2) is 18.2 Å². The van der Waals surface area contributed by atoms with Crippen molar-refractivity contribution in [2.24, 2.45) is 16.3 Å². The first-order chi connectivity index (χ1) is 9.18. The second-order valence-corrected chi connectivity index (χ2v) is 6.29. The molecule has 0 atom stereocenters. The molecule has 0 heterocycles. The second kappa shape index (κ2) is 6.21. The van der Waals surface area contributed by atoms with Crippen molar-refractivity contribution in [3.63, 3.8) is 0 Å². The maximum atomic E-state index is 10.3. The summed E-state index contributed by atoms with van der Waals surface area (Å²) in [6.45, 7) is 2.38. The predicted molar refractivity (Wildman–Crippen MR) is 70.9 cm³/mol. The number of hydrogen-bond donors (Lipinski definition) is 0. The molecule has 0 aliphatic heterocycles. The van der Waals surface area contributed by atoms with Gasteiger partial charge >= 0.3 is 0 Å². The molecule has 4 heteroatoms. The highest BCUT2D eigenvalue weighted by molar-refractivity contribution is 5.33. The molecule has 0 unspecified atom stereocenters. The summed E-state index contributed by atoms with van der Waals surface area (Å²) in [5, 5.41) is 8.55. The topological polar surface area (TPSA) is 62.4 Å². The minimum absolute atomic E-state index is 0.140. The summed E-state index contributed by atoms with van der Waals surface area (Å²) < 4.78 is 5.05. The molecule has 19 heavy (non-hydrogen) atoms. The van der Waals surface area contributed by atoms with E-state index in [4.69, 9.17) is 10.00 Å². The summed E-state index contributed by atoms with van der Waals surface area (Å²) in [5.41, 5.74) is 0.381. The number of nitrogens with zero attached hydrogens (tertiary/aromatic N) is 2. The highest BCUT2D eigenvalue weighted by Crippen LogP contribution is 2.48. The molecular weight excluding hydrogens is 240 g/mol. The third-order valence-electron chi connectivity index (χ3n) is 5.21. The molecule has 2 aliphatic carbocycles. The summed E-state index contributed by atoms with van der Waals surface area (Å²) in [6.07, 6.45) is 12.3. The zero-order valence-corrected chi connectivity index (χ0v) is 11.6. The molecule has 2 rings (SSSR count). The number of hydrogen-bond acceptors (Lipinski definition) is 4. The van der Waals surface area contributed by atoms with E-state index < -0.39 is 0 Å². The summed E-state index contributed by atoms with van der Waals surface area (Å²) in [6, 6.07) is 0.198. The van der Waals surface area contributed by atoms with Crippen molar-refractivity contribution in [2.75, 3.05) is 0 Å². The molecule has 0 bridgehead atoms. The number of nitriles is 1. The second-order valence-electron chi connectivity index (χ2n) is 6.29. The van der Waals surface area contributed by atoms with Crippen molar-refractivity contribution >= 4 is 6.08 Å². The first-order valence-corrected chi connectivity index (χ1v) is 7.29. The van der Waals surface area contributed by atoms with Crippen molar-refractivity contribution < 1.29 is 9.53 Å². The molecule has 0 saturated heterocycles. The molecule has 0 spiro atoms. The average Bonchev–Trinajstić information content (AvgIpc) is 2.43. The van der Waals surface area contributed by atoms with E-state index in [-0.39, 0.29) is 12.1 Å². The molecule has 2 aliphatic rings. The Balaban J connectivity index is 1.86. The number of rotatable bonds is 3. The summed E-state index contributed by atoms with van der Waals surface area (Å²) >= 11 is 0. The van der Waals surface area contributed by atoms with E-state index in [2.05, 4.69) is 11.9 Å². The van der Waals surface area contributed by atoms with Gasteiger partial charge in [0.15, 0.2) is 0 Å². The quantitative estimate of drug-likeness (QED) is 0.445. The van der Waals surface area contributed by atoms with Crippen LogP contribution in [0.3, 0.4) is 0 Å². The third-order valence-corrected chi connectivity index (χ3v) is 5.21. The highest BCUT2D eigenvalue weighted by Gasteiger charge is 2.39. The van der Waals surface area contributed by atoms with Gasteiger partial charge in [-0.05, 0) is 62.7 Å². The van der Waals surface area contributed by atoms with Gasteiger partial charge in [0.2, 0.25) is 6.08 Å². The Labute approximate surface area is 114 Å². The Morgan fingerprint density at radius 2 is 1.79 bits per heavy atom. The van der Waals surface area contributed by atoms with Crippen LogP contribution < -0.4 is 0 Å². The van der Waals surface area contributed by atoms with Crippen LogP contribution in [0, 0.1) is 22.9 Å². The minimum atomic E-state index is 0.140. The van der Waals surface area contributed by atoms with Gasteiger partial charge in [-0.15, -0.1) is 0 Å². The zero-order valence-electron chi connectivity index (χ0n) is 11.6. The standard InChI is InChI=1S/C15H22N2O2/c1-15(8-6-13(7-9-15)17-11-18)12-2-4-14(5-3-12)19-10-16/h12-14H,2-9H2,1H3. The van der Waals surface area contributed by atoms with Crippen LogP contribution in [0.25, 0.3) is 0 Å². The van der Waals surface area contributed by atoms with Crippen molar-refractivity contribution in [1.29, 1.82) is 5.26 Å². The lowest BCUT2D eigenvalue weighted by Gasteiger charge is -2.44. The van der Waals surface area contributed by atoms with Gasteiger partial charge in [-0.3, -0.25) is 0 Å². The van der Waals surface area contributed by atoms with E-state index >= 15 is 0 Å². The monoisotopic (exact) mass is 262 g/mol. The van der Waals surface area contributed by atoms with Gasteiger partial charge in [-0.2, -0.15) is 5.26 Å². The van der Waals surface area contributed by atoms with Crippen LogP contribution in [0.15, 0.2) is 4.99 Å². The van der Waals surface area contributed by atoms with Crippen LogP contribution in [0.2, 0.25) is 0 Å². The van der Waals surface area contributed by atoms with Crippen molar-refractivity contribution in [3.05, 3.63) is 0 Å². The van der Waals surface area contributed by atoms with E-state index in [9.17, 15) is 4.79 Å². The Morgan fingerprint density at radius 3 is 2.32 bits per heavy atom. The number of isocyanates is 1. The SMILES string of the molecule is CC1(C2CCC(OC#N)CC2)CCC(N=C=O)CC1. The maximum Gasteiger partial charge on any atom is 0.286 e. The number of ether oxygens (including phenoxy) is 1. The molecule has 0 aromatic carbocycles. The van der Waals surface area contributed by atoms with Gasteiger partial charge in [0, 0.05) is 0 Å². The zero-order chi connectivity index (χ0) is 13.7. The lowest BCUT2D eigenvalue weighted by molar-refractivity contribution is 0.0322. The molecule has 104 valence electrons. The lowest BCUT2D eigenvalue weighted by atomic mass is 9.62. The summed E-state index contributed by atoms with van der Waals surface area (Å²) in [7, 11) is 0. The van der Waals surface area contributed by atoms with Crippen LogP contribution in [0.4, 0.5) is 0 Å². The largest absolute Gasteiger partial charge is 0.424 e. The third kappa shape index (κ3) is 3.36. The van der Waals surface area contributed by atoms with E-state index in [0.717, 1.165) is 57.3 Å². The van der Waals surface area contributed by atoms with Gasteiger partial charge in [0.1, 0.15) is 6.10 Å². The normalized spacial score (nSPS) is 38.8. The Bertz CT molecular complexity index is 379. The maximum absolute atomic E-state index is 10.3. The van der Waals surface area contributed by atoms with E-state index in [0.29, 0.717) is 5.41 Å². The van der Waals surface area contributed by atoms with Crippen LogP contribution in [-0.2, 0) is 9.53 Å². The fraction of sp³-hybridized carbons (Fsp3) is 0.867. The van der Waals surface area contributed by atoms with Crippen LogP contribution in [0.5, 0.6) is 0 Å². The van der Waals surface area contributed by atoms with Crippen LogP contribution >= 0.6 is 0 Å². The molecule has 0 aromatic heterocycles. The minimum Gasteiger partial charge on any atom is -0.424 e. The van der Waals surface area contributed by atoms with E-state index in [1.54, 1.807) is 6.08 Å². The molecule has 0 aromatic rings. The van der Waals surface area contributed by atoms with Gasteiger partial charge in [-0.25, -0.2) is 9.79 Å². The molecule has 2 fully saturated rings. The van der Waals surface area contributed by atoms with E-state index in [1.807, 2.05) is 6.26 Å². The molecular formula is C15H22N2O2. The first-order valence-electron chi connectivity index (χ1n) is 7.29. The average molecular weight is 262 g/mol. The van der Waals surface area contributed by atoms with Gasteiger partial charge in [0.05, 0.1) is 6.04 Å². The van der Waals surface area contributed by atoms with E-state index in [1.165, 1.54) is 0 Å².